The largest absolute Gasteiger partial charge is 0.508 e. The summed E-state index contributed by atoms with van der Waals surface area (Å²) >= 11 is 5.92. The van der Waals surface area contributed by atoms with Crippen molar-refractivity contribution in [2.75, 3.05) is 11.9 Å². The van der Waals surface area contributed by atoms with Gasteiger partial charge in [0.05, 0.1) is 5.69 Å². The molecule has 0 radical (unpaired) electrons. The molecule has 4 nitrogen and oxygen atoms in total. The highest BCUT2D eigenvalue weighted by Gasteiger charge is 2.09. The number of aliphatic hydroxyl groups excluding tert-OH is 1. The topological polar surface area (TPSA) is 69.6 Å². The van der Waals surface area contributed by atoms with Gasteiger partial charge in [-0.15, -0.1) is 0 Å². The second kappa shape index (κ2) is 6.80. The van der Waals surface area contributed by atoms with E-state index in [1.54, 1.807) is 30.3 Å². The molecule has 2 aromatic rings. The van der Waals surface area contributed by atoms with E-state index >= 15 is 0 Å². The lowest BCUT2D eigenvalue weighted by Gasteiger charge is -2.08. The molecule has 5 heteroatoms. The molecule has 0 spiro atoms. The molecule has 0 heterocycles. The molecule has 2 aromatic carbocycles. The van der Waals surface area contributed by atoms with Crippen LogP contribution in [0.15, 0.2) is 42.5 Å². The number of aromatic hydroxyl groups is 1. The normalized spacial score (nSPS) is 9.62. The maximum absolute atomic E-state index is 12.1. The zero-order valence-corrected chi connectivity index (χ0v) is 11.7. The van der Waals surface area contributed by atoms with Crippen molar-refractivity contribution in [3.63, 3.8) is 0 Å². The summed E-state index contributed by atoms with van der Waals surface area (Å²) in [4.78, 5) is 12.1. The lowest BCUT2D eigenvalue weighted by Crippen LogP contribution is -2.12. The Kier molecular flexibility index (Phi) is 4.83. The number of phenolic OH excluding ortho intramolecular Hbond substituents is 1. The second-order valence-electron chi connectivity index (χ2n) is 4.15. The van der Waals surface area contributed by atoms with Gasteiger partial charge in [-0.2, -0.15) is 0 Å². The average Bonchev–Trinajstić information content (AvgIpc) is 2.46. The SMILES string of the molecule is O=C(Nc1cc(Cl)ccc1C#CCO)c1cccc(O)c1. The smallest absolute Gasteiger partial charge is 0.255 e. The van der Waals surface area contributed by atoms with Crippen molar-refractivity contribution in [2.45, 2.75) is 0 Å². The van der Waals surface area contributed by atoms with Crippen LogP contribution in [0.3, 0.4) is 0 Å². The summed E-state index contributed by atoms with van der Waals surface area (Å²) in [6.07, 6.45) is 0. The lowest BCUT2D eigenvalue weighted by atomic mass is 10.1. The number of carbonyl (C=O) groups is 1. The number of phenols is 1. The first-order valence-corrected chi connectivity index (χ1v) is 6.47. The summed E-state index contributed by atoms with van der Waals surface area (Å²) in [7, 11) is 0. The van der Waals surface area contributed by atoms with E-state index in [0.29, 0.717) is 21.8 Å². The van der Waals surface area contributed by atoms with Crippen molar-refractivity contribution < 1.29 is 15.0 Å². The van der Waals surface area contributed by atoms with Crippen LogP contribution < -0.4 is 5.32 Å². The number of carbonyl (C=O) groups excluding carboxylic acids is 1. The fourth-order valence-electron chi connectivity index (χ4n) is 1.71. The fourth-order valence-corrected chi connectivity index (χ4v) is 1.88. The Balaban J connectivity index is 2.30. The van der Waals surface area contributed by atoms with Crippen LogP contribution in [0.2, 0.25) is 5.02 Å². The molecule has 2 rings (SSSR count). The monoisotopic (exact) mass is 301 g/mol. The number of amides is 1. The van der Waals surface area contributed by atoms with Crippen molar-refractivity contribution in [2.24, 2.45) is 0 Å². The number of rotatable bonds is 2. The molecule has 0 unspecified atom stereocenters. The molecule has 0 aliphatic heterocycles. The van der Waals surface area contributed by atoms with Gasteiger partial charge in [0.15, 0.2) is 0 Å². The van der Waals surface area contributed by atoms with Gasteiger partial charge in [0.25, 0.3) is 5.91 Å². The Bertz CT molecular complexity index is 732. The van der Waals surface area contributed by atoms with Gasteiger partial charge in [-0.05, 0) is 36.4 Å². The third-order valence-corrected chi connectivity index (χ3v) is 2.88. The molecule has 0 fully saturated rings. The predicted molar refractivity (Wildman–Crippen MR) is 81.5 cm³/mol. The summed E-state index contributed by atoms with van der Waals surface area (Å²) in [6.45, 7) is -0.275. The molecule has 0 aliphatic rings. The molecule has 0 atom stereocenters. The number of halogens is 1. The minimum atomic E-state index is -0.389. The van der Waals surface area contributed by atoms with Gasteiger partial charge >= 0.3 is 0 Å². The van der Waals surface area contributed by atoms with Crippen molar-refractivity contribution in [1.82, 2.24) is 0 Å². The highest BCUT2D eigenvalue weighted by molar-refractivity contribution is 6.31. The third-order valence-electron chi connectivity index (χ3n) is 2.64. The molecular weight excluding hydrogens is 290 g/mol. The van der Waals surface area contributed by atoms with Crippen molar-refractivity contribution in [1.29, 1.82) is 0 Å². The van der Waals surface area contributed by atoms with Crippen LogP contribution >= 0.6 is 11.6 Å². The summed E-state index contributed by atoms with van der Waals surface area (Å²) in [5, 5.41) is 21.3. The molecule has 21 heavy (non-hydrogen) atoms. The molecule has 0 aliphatic carbocycles. The third kappa shape index (κ3) is 3.99. The average molecular weight is 302 g/mol. The highest BCUT2D eigenvalue weighted by Crippen LogP contribution is 2.21. The van der Waals surface area contributed by atoms with E-state index in [2.05, 4.69) is 17.2 Å². The predicted octanol–water partition coefficient (Wildman–Crippen LogP) is 2.64. The molecule has 0 saturated carbocycles. The van der Waals surface area contributed by atoms with E-state index in [0.717, 1.165) is 0 Å². The van der Waals surface area contributed by atoms with Crippen LogP contribution in [0.5, 0.6) is 5.75 Å². The first-order chi connectivity index (χ1) is 10.1. The first kappa shape index (κ1) is 14.9. The van der Waals surface area contributed by atoms with E-state index < -0.39 is 0 Å². The summed E-state index contributed by atoms with van der Waals surface area (Å²) in [5.41, 5.74) is 1.30. The number of anilines is 1. The zero-order valence-electron chi connectivity index (χ0n) is 10.9. The lowest BCUT2D eigenvalue weighted by molar-refractivity contribution is 0.102. The van der Waals surface area contributed by atoms with Crippen LogP contribution in [-0.4, -0.2) is 22.7 Å². The quantitative estimate of drug-likeness (QED) is 0.747. The van der Waals surface area contributed by atoms with Gasteiger partial charge in [-0.3, -0.25) is 4.79 Å². The number of aliphatic hydroxyl groups is 1. The van der Waals surface area contributed by atoms with E-state index in [9.17, 15) is 9.90 Å². The van der Waals surface area contributed by atoms with Gasteiger partial charge in [0, 0.05) is 16.1 Å². The maximum atomic E-state index is 12.1. The Morgan fingerprint density at radius 3 is 2.76 bits per heavy atom. The Labute approximate surface area is 127 Å². The van der Waals surface area contributed by atoms with Crippen LogP contribution in [0, 0.1) is 11.8 Å². The Morgan fingerprint density at radius 2 is 2.05 bits per heavy atom. The Hall–Kier alpha value is -2.48. The van der Waals surface area contributed by atoms with Crippen LogP contribution in [0.4, 0.5) is 5.69 Å². The highest BCUT2D eigenvalue weighted by atomic mass is 35.5. The Morgan fingerprint density at radius 1 is 1.24 bits per heavy atom. The van der Waals surface area contributed by atoms with E-state index in [4.69, 9.17) is 16.7 Å². The molecule has 0 aromatic heterocycles. The first-order valence-electron chi connectivity index (χ1n) is 6.10. The van der Waals surface area contributed by atoms with E-state index in [-0.39, 0.29) is 18.3 Å². The van der Waals surface area contributed by atoms with Gasteiger partial charge in [0.1, 0.15) is 12.4 Å². The second-order valence-corrected chi connectivity index (χ2v) is 4.59. The van der Waals surface area contributed by atoms with E-state index in [1.165, 1.54) is 12.1 Å². The van der Waals surface area contributed by atoms with Crippen LogP contribution in [0.1, 0.15) is 15.9 Å². The number of hydrogen-bond acceptors (Lipinski definition) is 3. The maximum Gasteiger partial charge on any atom is 0.255 e. The van der Waals surface area contributed by atoms with Crippen LogP contribution in [0.25, 0.3) is 0 Å². The molecule has 0 saturated heterocycles. The number of nitrogens with one attached hydrogen (secondary N) is 1. The van der Waals surface area contributed by atoms with Crippen molar-refractivity contribution in [3.8, 4) is 17.6 Å². The van der Waals surface area contributed by atoms with E-state index in [1.807, 2.05) is 0 Å². The van der Waals surface area contributed by atoms with Crippen molar-refractivity contribution in [3.05, 3.63) is 58.6 Å². The fraction of sp³-hybridized carbons (Fsp3) is 0.0625. The zero-order chi connectivity index (χ0) is 15.2. The molecule has 0 bridgehead atoms. The minimum absolute atomic E-state index is 0.00837. The summed E-state index contributed by atoms with van der Waals surface area (Å²) in [6, 6.07) is 10.9. The summed E-state index contributed by atoms with van der Waals surface area (Å²) < 4.78 is 0. The van der Waals surface area contributed by atoms with Gasteiger partial charge in [-0.1, -0.05) is 29.5 Å². The van der Waals surface area contributed by atoms with Gasteiger partial charge < -0.3 is 15.5 Å². The molecule has 106 valence electrons. The number of hydrogen-bond donors (Lipinski definition) is 3. The van der Waals surface area contributed by atoms with Crippen LogP contribution in [-0.2, 0) is 0 Å². The van der Waals surface area contributed by atoms with Gasteiger partial charge in [0.2, 0.25) is 0 Å². The molecular formula is C16H12ClNO3. The molecule has 3 N–H and O–H groups in total. The van der Waals surface area contributed by atoms with Gasteiger partial charge in [-0.25, -0.2) is 0 Å². The molecule has 1 amide bonds. The number of benzene rings is 2. The van der Waals surface area contributed by atoms with Crippen molar-refractivity contribution >= 4 is 23.2 Å². The standard InChI is InChI=1S/C16H12ClNO3/c17-13-7-6-11(4-2-8-19)15(10-13)18-16(21)12-3-1-5-14(20)9-12/h1,3,5-7,9-10,19-20H,8H2,(H,18,21). The summed E-state index contributed by atoms with van der Waals surface area (Å²) in [5.74, 6) is 4.87. The minimum Gasteiger partial charge on any atom is -0.508 e.